The lowest BCUT2D eigenvalue weighted by atomic mass is 10.3. The number of carbonyl (C=O) groups is 1. The molecule has 0 heterocycles. The van der Waals surface area contributed by atoms with Gasteiger partial charge in [-0.05, 0) is 45.0 Å². The van der Waals surface area contributed by atoms with Crippen molar-refractivity contribution in [1.82, 2.24) is 0 Å². The number of hydrogen-bond acceptors (Lipinski definition) is 6. The van der Waals surface area contributed by atoms with E-state index in [0.29, 0.717) is 6.54 Å². The normalized spacial score (nSPS) is 12.0. The standard InChI is InChI=1S/C15H23NO6S/c1-4-16(5-2,6-3)11-12-21-15(17)22-13-7-9-14(10-8-13)23(18,19)20/h7-10H,4-6,11-12H2,1-3H3. The molecule has 0 bridgehead atoms. The smallest absolute Gasteiger partial charge is 0.514 e. The van der Waals surface area contributed by atoms with Gasteiger partial charge >= 0.3 is 6.16 Å². The predicted molar refractivity (Wildman–Crippen MR) is 83.1 cm³/mol. The first-order chi connectivity index (χ1) is 10.8. The van der Waals surface area contributed by atoms with Crippen LogP contribution in [0, 0.1) is 0 Å². The predicted octanol–water partition coefficient (Wildman–Crippen LogP) is 1.98. The first kappa shape index (κ1) is 19.4. The summed E-state index contributed by atoms with van der Waals surface area (Å²) in [6.45, 7) is 10.1. The minimum absolute atomic E-state index is 0.115. The van der Waals surface area contributed by atoms with Crippen LogP contribution in [0.2, 0.25) is 0 Å². The van der Waals surface area contributed by atoms with Crippen molar-refractivity contribution in [3.8, 4) is 5.75 Å². The van der Waals surface area contributed by atoms with Crippen LogP contribution in [0.25, 0.3) is 0 Å². The summed E-state index contributed by atoms with van der Waals surface area (Å²) in [4.78, 5) is 11.2. The number of ether oxygens (including phenoxy) is 2. The third-order valence-electron chi connectivity index (χ3n) is 4.11. The van der Waals surface area contributed by atoms with Crippen LogP contribution in [-0.2, 0) is 14.9 Å². The van der Waals surface area contributed by atoms with Crippen LogP contribution >= 0.6 is 0 Å². The summed E-state index contributed by atoms with van der Waals surface area (Å²) >= 11 is 0. The average molecular weight is 345 g/mol. The van der Waals surface area contributed by atoms with Gasteiger partial charge in [0.15, 0.2) is 0 Å². The monoisotopic (exact) mass is 345 g/mol. The molecular weight excluding hydrogens is 322 g/mol. The van der Waals surface area contributed by atoms with E-state index < -0.39 is 16.3 Å². The fraction of sp³-hybridized carbons (Fsp3) is 0.533. The zero-order valence-electron chi connectivity index (χ0n) is 13.6. The lowest BCUT2D eigenvalue weighted by molar-refractivity contribution is -0.923. The molecule has 0 aliphatic rings. The highest BCUT2D eigenvalue weighted by molar-refractivity contribution is 7.85. The molecule has 23 heavy (non-hydrogen) atoms. The molecule has 0 atom stereocenters. The number of carbonyl (C=O) groups excluding carboxylic acids is 1. The molecule has 0 aromatic heterocycles. The van der Waals surface area contributed by atoms with Crippen LogP contribution in [-0.4, -0.2) is 56.4 Å². The minimum Gasteiger partial charge on any atom is -0.744 e. The molecule has 1 aromatic rings. The Bertz CT molecular complexity index is 599. The SMILES string of the molecule is CC[N+](CC)(CC)CCOC(=O)Oc1ccc(S(=O)(=O)[O-])cc1. The summed E-state index contributed by atoms with van der Waals surface area (Å²) in [7, 11) is -4.51. The van der Waals surface area contributed by atoms with Crippen molar-refractivity contribution in [3.63, 3.8) is 0 Å². The fourth-order valence-electron chi connectivity index (χ4n) is 2.27. The molecular formula is C15H23NO6S. The second-order valence-electron chi connectivity index (χ2n) is 5.14. The zero-order valence-corrected chi connectivity index (χ0v) is 14.5. The number of quaternary nitrogens is 1. The van der Waals surface area contributed by atoms with Gasteiger partial charge in [-0.3, -0.25) is 0 Å². The first-order valence-electron chi connectivity index (χ1n) is 7.52. The van der Waals surface area contributed by atoms with E-state index in [4.69, 9.17) is 9.47 Å². The summed E-state index contributed by atoms with van der Waals surface area (Å²) in [5.74, 6) is 0.115. The molecule has 0 saturated carbocycles. The van der Waals surface area contributed by atoms with Crippen LogP contribution in [0.5, 0.6) is 5.75 Å². The third-order valence-corrected chi connectivity index (χ3v) is 4.96. The van der Waals surface area contributed by atoms with Crippen molar-refractivity contribution >= 4 is 16.3 Å². The van der Waals surface area contributed by atoms with Gasteiger partial charge in [0.2, 0.25) is 0 Å². The Balaban J connectivity index is 2.51. The van der Waals surface area contributed by atoms with Gasteiger partial charge in [0.1, 0.15) is 29.0 Å². The number of likely N-dealkylation sites (N-methyl/N-ethyl adjacent to an activating group) is 1. The molecule has 1 aromatic carbocycles. The quantitative estimate of drug-likeness (QED) is 0.310. The number of hydrogen-bond donors (Lipinski definition) is 0. The van der Waals surface area contributed by atoms with Gasteiger partial charge in [-0.25, -0.2) is 13.2 Å². The van der Waals surface area contributed by atoms with E-state index in [1.165, 1.54) is 12.1 Å². The second kappa shape index (κ2) is 8.28. The van der Waals surface area contributed by atoms with E-state index in [-0.39, 0.29) is 17.3 Å². The summed E-state index contributed by atoms with van der Waals surface area (Å²) in [6, 6.07) is 4.63. The maximum atomic E-state index is 11.6. The fourth-order valence-corrected chi connectivity index (χ4v) is 2.74. The van der Waals surface area contributed by atoms with E-state index in [9.17, 15) is 17.8 Å². The van der Waals surface area contributed by atoms with Gasteiger partial charge < -0.3 is 18.5 Å². The molecule has 130 valence electrons. The average Bonchev–Trinajstić information content (AvgIpc) is 2.52. The largest absolute Gasteiger partial charge is 0.744 e. The number of nitrogens with zero attached hydrogens (tertiary/aromatic N) is 1. The Morgan fingerprint density at radius 1 is 1.09 bits per heavy atom. The van der Waals surface area contributed by atoms with E-state index in [1.54, 1.807) is 0 Å². The van der Waals surface area contributed by atoms with Crippen LogP contribution in [0.15, 0.2) is 29.2 Å². The van der Waals surface area contributed by atoms with E-state index >= 15 is 0 Å². The van der Waals surface area contributed by atoms with Crippen LogP contribution in [0.4, 0.5) is 4.79 Å². The summed E-state index contributed by atoms with van der Waals surface area (Å²) in [5.41, 5.74) is 0. The molecule has 0 unspecified atom stereocenters. The van der Waals surface area contributed by atoms with Crippen LogP contribution in [0.1, 0.15) is 20.8 Å². The van der Waals surface area contributed by atoms with Crippen molar-refractivity contribution in [1.29, 1.82) is 0 Å². The van der Waals surface area contributed by atoms with Crippen molar-refractivity contribution in [2.24, 2.45) is 0 Å². The molecule has 0 saturated heterocycles. The highest BCUT2D eigenvalue weighted by Gasteiger charge is 2.21. The Morgan fingerprint density at radius 3 is 2.04 bits per heavy atom. The molecule has 0 radical (unpaired) electrons. The highest BCUT2D eigenvalue weighted by atomic mass is 32.2. The van der Waals surface area contributed by atoms with Crippen LogP contribution < -0.4 is 4.74 Å². The summed E-state index contributed by atoms with van der Waals surface area (Å²) in [5, 5.41) is 0. The topological polar surface area (TPSA) is 92.7 Å². The first-order valence-corrected chi connectivity index (χ1v) is 8.93. The third kappa shape index (κ3) is 5.81. The van der Waals surface area contributed by atoms with Gasteiger partial charge in [0, 0.05) is 0 Å². The maximum Gasteiger partial charge on any atom is 0.514 e. The number of benzene rings is 1. The molecule has 0 fully saturated rings. The van der Waals surface area contributed by atoms with Crippen molar-refractivity contribution in [3.05, 3.63) is 24.3 Å². The van der Waals surface area contributed by atoms with E-state index in [0.717, 1.165) is 36.3 Å². The minimum atomic E-state index is -4.51. The van der Waals surface area contributed by atoms with E-state index in [1.807, 2.05) is 0 Å². The number of rotatable bonds is 8. The van der Waals surface area contributed by atoms with Crippen molar-refractivity contribution in [2.45, 2.75) is 25.7 Å². The molecule has 0 amide bonds. The van der Waals surface area contributed by atoms with Gasteiger partial charge in [-0.1, -0.05) is 0 Å². The highest BCUT2D eigenvalue weighted by Crippen LogP contribution is 2.16. The van der Waals surface area contributed by atoms with Crippen molar-refractivity contribution < 1.29 is 31.7 Å². The van der Waals surface area contributed by atoms with Crippen LogP contribution in [0.3, 0.4) is 0 Å². The molecule has 1 rings (SSSR count). The molecule has 0 aliphatic carbocycles. The summed E-state index contributed by atoms with van der Waals surface area (Å²) in [6.07, 6.45) is -0.857. The Labute approximate surface area is 137 Å². The van der Waals surface area contributed by atoms with Gasteiger partial charge in [-0.2, -0.15) is 0 Å². The van der Waals surface area contributed by atoms with Gasteiger partial charge in [0.25, 0.3) is 0 Å². The summed E-state index contributed by atoms with van der Waals surface area (Å²) < 4.78 is 43.2. The molecule has 0 aliphatic heterocycles. The van der Waals surface area contributed by atoms with Gasteiger partial charge in [-0.15, -0.1) is 0 Å². The lowest BCUT2D eigenvalue weighted by Crippen LogP contribution is -2.49. The lowest BCUT2D eigenvalue weighted by Gasteiger charge is -2.35. The Morgan fingerprint density at radius 2 is 1.61 bits per heavy atom. The zero-order chi connectivity index (χ0) is 17.5. The maximum absolute atomic E-state index is 11.6. The Kier molecular flexibility index (Phi) is 6.99. The second-order valence-corrected chi connectivity index (χ2v) is 6.52. The van der Waals surface area contributed by atoms with Gasteiger partial charge in [0.05, 0.1) is 24.5 Å². The van der Waals surface area contributed by atoms with E-state index in [2.05, 4.69) is 20.8 Å². The molecule has 0 N–H and O–H groups in total. The molecule has 7 nitrogen and oxygen atoms in total. The van der Waals surface area contributed by atoms with Crippen molar-refractivity contribution in [2.75, 3.05) is 32.8 Å². The molecule has 0 spiro atoms. The Hall–Kier alpha value is -1.64. The molecule has 8 heteroatoms.